The fourth-order valence-electron chi connectivity index (χ4n) is 4.13. The lowest BCUT2D eigenvalue weighted by molar-refractivity contribution is -0.140. The highest BCUT2D eigenvalue weighted by Crippen LogP contribution is 2.57. The number of nitrogens with one attached hydrogen (secondary N) is 1. The first-order valence-corrected chi connectivity index (χ1v) is 14.3. The molecule has 0 aliphatic carbocycles. The van der Waals surface area contributed by atoms with Crippen LogP contribution in [0.4, 0.5) is 17.6 Å². The van der Waals surface area contributed by atoms with Gasteiger partial charge in [0.25, 0.3) is 10.1 Å². The Morgan fingerprint density at radius 1 is 1.03 bits per heavy atom. The molecule has 2 bridgehead atoms. The summed E-state index contributed by atoms with van der Waals surface area (Å²) in [6.07, 6.45) is -0.725. The molecule has 0 saturated carbocycles. The van der Waals surface area contributed by atoms with E-state index < -0.39 is 104 Å². The van der Waals surface area contributed by atoms with Gasteiger partial charge in [-0.2, -0.15) is 25.6 Å². The highest BCUT2D eigenvalue weighted by Gasteiger charge is 2.71. The highest BCUT2D eigenvalue weighted by atomic mass is 32.2. The van der Waals surface area contributed by atoms with E-state index in [0.29, 0.717) is 6.26 Å². The molecule has 33 heavy (non-hydrogen) atoms. The van der Waals surface area contributed by atoms with E-state index in [2.05, 4.69) is 9.46 Å². The van der Waals surface area contributed by atoms with Crippen LogP contribution >= 0.6 is 11.8 Å². The Labute approximate surface area is 187 Å². The number of carbonyl (C=O) groups is 1. The van der Waals surface area contributed by atoms with Crippen LogP contribution in [0.3, 0.4) is 0 Å². The van der Waals surface area contributed by atoms with Crippen molar-refractivity contribution in [1.82, 2.24) is 4.72 Å². The maximum Gasteiger partial charge on any atom is 0.317 e. The number of halogens is 4. The first-order valence-electron chi connectivity index (χ1n) is 8.55. The van der Waals surface area contributed by atoms with Crippen molar-refractivity contribution in [3.63, 3.8) is 0 Å². The fraction of sp³-hybridized carbons (Fsp3) is 0.500. The minimum Gasteiger partial charge on any atom is -0.420 e. The number of fused-ring (bicyclic) bond motifs is 1. The highest BCUT2D eigenvalue weighted by molar-refractivity contribution is 8.03. The Kier molecular flexibility index (Phi) is 5.59. The molecule has 3 aliphatic rings. The third kappa shape index (κ3) is 3.82. The number of benzene rings is 1. The van der Waals surface area contributed by atoms with Crippen LogP contribution in [0.2, 0.25) is 0 Å². The molecule has 3 fully saturated rings. The summed E-state index contributed by atoms with van der Waals surface area (Å²) in [4.78, 5) is 10.4. The van der Waals surface area contributed by atoms with E-state index in [1.807, 2.05) is 0 Å². The summed E-state index contributed by atoms with van der Waals surface area (Å²) in [5, 5.41) is -3.65. The van der Waals surface area contributed by atoms with Gasteiger partial charge in [-0.05, 0) is 0 Å². The molecule has 3 heterocycles. The van der Waals surface area contributed by atoms with Gasteiger partial charge in [0.05, 0.1) is 18.2 Å². The van der Waals surface area contributed by atoms with E-state index in [0.717, 1.165) is 11.8 Å². The van der Waals surface area contributed by atoms with Gasteiger partial charge in [0.15, 0.2) is 16.5 Å². The van der Waals surface area contributed by atoms with Crippen molar-refractivity contribution in [1.29, 1.82) is 0 Å². The Balaban J connectivity index is 1.74. The van der Waals surface area contributed by atoms with Gasteiger partial charge in [-0.15, -0.1) is 11.8 Å². The number of sulfonamides is 1. The minimum atomic E-state index is -5.76. The smallest absolute Gasteiger partial charge is 0.317 e. The van der Waals surface area contributed by atoms with Crippen LogP contribution in [-0.2, 0) is 39.2 Å². The largest absolute Gasteiger partial charge is 0.420 e. The summed E-state index contributed by atoms with van der Waals surface area (Å²) in [5.74, 6) is -15.6. The number of esters is 1. The summed E-state index contributed by atoms with van der Waals surface area (Å²) in [6.45, 7) is 0. The van der Waals surface area contributed by atoms with Gasteiger partial charge < -0.3 is 4.74 Å². The molecule has 184 valence electrons. The number of hydrogen-bond acceptors (Lipinski definition) is 10. The van der Waals surface area contributed by atoms with E-state index in [1.165, 1.54) is 0 Å². The maximum atomic E-state index is 14.2. The molecule has 0 aromatic heterocycles. The van der Waals surface area contributed by atoms with Crippen LogP contribution in [0, 0.1) is 29.2 Å². The van der Waals surface area contributed by atoms with Gasteiger partial charge in [-0.25, -0.2) is 21.9 Å². The maximum absolute atomic E-state index is 14.2. The van der Waals surface area contributed by atoms with E-state index >= 15 is 0 Å². The molecule has 6 unspecified atom stereocenters. The molecule has 0 spiro atoms. The van der Waals surface area contributed by atoms with Crippen LogP contribution in [-0.4, -0.2) is 69.9 Å². The number of rotatable bonds is 5. The zero-order chi connectivity index (χ0) is 24.8. The molecular weight excluding hydrogens is 546 g/mol. The lowest BCUT2D eigenvalue weighted by Gasteiger charge is -2.29. The summed E-state index contributed by atoms with van der Waals surface area (Å²) in [5.41, 5.74) is 0. The molecule has 4 rings (SSSR count). The molecule has 3 aliphatic heterocycles. The van der Waals surface area contributed by atoms with Crippen LogP contribution in [0.1, 0.15) is 0 Å². The monoisotopic (exact) mass is 557 g/mol. The Morgan fingerprint density at radius 2 is 1.58 bits per heavy atom. The van der Waals surface area contributed by atoms with Crippen LogP contribution in [0.15, 0.2) is 4.90 Å². The first-order chi connectivity index (χ1) is 15.0. The van der Waals surface area contributed by atoms with Gasteiger partial charge >= 0.3 is 16.1 Å². The summed E-state index contributed by atoms with van der Waals surface area (Å²) in [7, 11) is -14.2. The minimum absolute atomic E-state index is 0.672. The summed E-state index contributed by atoms with van der Waals surface area (Å²) < 4.78 is 147. The lowest BCUT2D eigenvalue weighted by atomic mass is 9.84. The summed E-state index contributed by atoms with van der Waals surface area (Å²) in [6, 6.07) is -1.04. The van der Waals surface area contributed by atoms with Gasteiger partial charge in [-0.3, -0.25) is 13.5 Å². The second kappa shape index (κ2) is 7.49. The van der Waals surface area contributed by atoms with E-state index in [1.54, 1.807) is 0 Å². The molecule has 3 saturated heterocycles. The second-order valence-electron chi connectivity index (χ2n) is 7.32. The van der Waals surface area contributed by atoms with Crippen LogP contribution in [0.5, 0.6) is 5.75 Å². The molecule has 6 atom stereocenters. The summed E-state index contributed by atoms with van der Waals surface area (Å²) >= 11 is 0.849. The van der Waals surface area contributed by atoms with Crippen molar-refractivity contribution in [3.05, 3.63) is 23.3 Å². The van der Waals surface area contributed by atoms with Gasteiger partial charge in [0.2, 0.25) is 27.4 Å². The molecular formula is C14H11F4NO10S4. The van der Waals surface area contributed by atoms with Gasteiger partial charge in [0.1, 0.15) is 11.4 Å². The average molecular weight is 557 g/mol. The number of ether oxygens (including phenoxy) is 1. The topological polar surface area (TPSA) is 170 Å². The molecule has 19 heteroatoms. The van der Waals surface area contributed by atoms with E-state index in [9.17, 15) is 47.6 Å². The van der Waals surface area contributed by atoms with Crippen LogP contribution < -0.4 is 9.46 Å². The Bertz CT molecular complexity index is 1370. The predicted octanol–water partition coefficient (Wildman–Crippen LogP) is -0.476. The Morgan fingerprint density at radius 3 is 2.06 bits per heavy atom. The molecule has 11 nitrogen and oxygen atoms in total. The third-order valence-corrected chi connectivity index (χ3v) is 10.5. The molecule has 0 radical (unpaired) electrons. The van der Waals surface area contributed by atoms with Gasteiger partial charge in [0, 0.05) is 10.5 Å². The van der Waals surface area contributed by atoms with Crippen molar-refractivity contribution in [2.45, 2.75) is 32.8 Å². The number of hydrogen-bond donors (Lipinski definition) is 2. The number of thioether (sulfide) groups is 1. The zero-order valence-corrected chi connectivity index (χ0v) is 19.0. The number of carbonyl (C=O) groups excluding carboxylic acids is 1. The van der Waals surface area contributed by atoms with Crippen molar-refractivity contribution in [2.24, 2.45) is 5.92 Å². The van der Waals surface area contributed by atoms with Crippen molar-refractivity contribution >= 4 is 48.0 Å². The standard InChI is InChI=1S/C14H11F4NO10S4/c1-31(21,22)29-9-7-11-12(32(23,24)19-7)2(10(9)30-11)14(20)28-8-3(15)5(17)13(33(25,26)27)6(18)4(8)16/h2,7,9-12,19H,1H3,(H,25,26,27). The van der Waals surface area contributed by atoms with Crippen LogP contribution in [0.25, 0.3) is 0 Å². The lowest BCUT2D eigenvalue weighted by Crippen LogP contribution is -2.51. The Hall–Kier alpha value is -1.51. The van der Waals surface area contributed by atoms with E-state index in [-0.39, 0.29) is 0 Å². The van der Waals surface area contributed by atoms with Crippen molar-refractivity contribution in [2.75, 3.05) is 6.26 Å². The molecule has 2 N–H and O–H groups in total. The van der Waals surface area contributed by atoms with E-state index in [4.69, 9.17) is 8.74 Å². The molecule has 1 aromatic carbocycles. The quantitative estimate of drug-likeness (QED) is 0.120. The van der Waals surface area contributed by atoms with Crippen molar-refractivity contribution < 1.29 is 61.1 Å². The van der Waals surface area contributed by atoms with Crippen molar-refractivity contribution in [3.8, 4) is 5.75 Å². The zero-order valence-electron chi connectivity index (χ0n) is 15.7. The second-order valence-corrected chi connectivity index (χ2v) is 13.5. The fourth-order valence-corrected chi connectivity index (χ4v) is 10.2. The SMILES string of the molecule is CS(=O)(=O)OC1C2NS(=O)(=O)C3C2SC1C3C(=O)Oc1c(F)c(F)c(S(=O)(=O)O)c(F)c1F. The normalized spacial score (nSPS) is 32.3. The average Bonchev–Trinajstić information content (AvgIpc) is 3.24. The molecule has 1 aromatic rings. The van der Waals surface area contributed by atoms with Gasteiger partial charge in [-0.1, -0.05) is 0 Å². The molecule has 0 amide bonds. The predicted molar refractivity (Wildman–Crippen MR) is 99.7 cm³/mol. The first kappa shape index (κ1) is 24.6. The third-order valence-electron chi connectivity index (χ3n) is 5.24.